The van der Waals surface area contributed by atoms with Gasteiger partial charge in [-0.25, -0.2) is 8.42 Å². The van der Waals surface area contributed by atoms with E-state index < -0.39 is 10.0 Å². The van der Waals surface area contributed by atoms with Crippen LogP contribution in [0.25, 0.3) is 0 Å². The van der Waals surface area contributed by atoms with Gasteiger partial charge in [-0.3, -0.25) is 9.78 Å². The zero-order chi connectivity index (χ0) is 15.2. The number of amides is 1. The van der Waals surface area contributed by atoms with Gasteiger partial charge in [0.15, 0.2) is 0 Å². The molecule has 3 heterocycles. The first-order valence-corrected chi connectivity index (χ1v) is 8.89. The summed E-state index contributed by atoms with van der Waals surface area (Å²) in [7, 11) is -3.18. The van der Waals surface area contributed by atoms with Gasteiger partial charge >= 0.3 is 0 Å². The fourth-order valence-electron chi connectivity index (χ4n) is 3.17. The van der Waals surface area contributed by atoms with Crippen molar-refractivity contribution in [3.63, 3.8) is 0 Å². The van der Waals surface area contributed by atoms with Crippen LogP contribution in [-0.4, -0.2) is 60.4 Å². The lowest BCUT2D eigenvalue weighted by Crippen LogP contribution is -2.65. The molecule has 2 atom stereocenters. The van der Waals surface area contributed by atoms with Crippen LogP contribution in [0.4, 0.5) is 0 Å². The number of fused-ring (bicyclic) bond motifs is 1. The number of pyridine rings is 1. The predicted octanol–water partition coefficient (Wildman–Crippen LogP) is 0.496. The van der Waals surface area contributed by atoms with E-state index in [1.165, 1.54) is 10.6 Å². The summed E-state index contributed by atoms with van der Waals surface area (Å²) >= 11 is 0. The molecule has 0 N–H and O–H groups in total. The van der Waals surface area contributed by atoms with E-state index in [9.17, 15) is 13.2 Å². The maximum absolute atomic E-state index is 12.6. The fraction of sp³-hybridized carbons (Fsp3) is 0.571. The Morgan fingerprint density at radius 1 is 1.38 bits per heavy atom. The number of hydrogen-bond acceptors (Lipinski definition) is 4. The van der Waals surface area contributed by atoms with E-state index in [2.05, 4.69) is 4.98 Å². The average Bonchev–Trinajstić information content (AvgIpc) is 2.38. The first-order chi connectivity index (χ1) is 9.88. The maximum Gasteiger partial charge on any atom is 0.255 e. The average molecular weight is 309 g/mol. The summed E-state index contributed by atoms with van der Waals surface area (Å²) in [6, 6.07) is 1.75. The Hall–Kier alpha value is -1.47. The summed E-state index contributed by atoms with van der Waals surface area (Å²) < 4.78 is 24.9. The number of carbonyl (C=O) groups excluding carboxylic acids is 1. The number of likely N-dealkylation sites (tertiary alicyclic amines) is 1. The van der Waals surface area contributed by atoms with E-state index in [1.807, 2.05) is 13.0 Å². The molecule has 3 rings (SSSR count). The number of piperidine rings is 1. The number of aromatic nitrogens is 1. The largest absolute Gasteiger partial charge is 0.337 e. The minimum absolute atomic E-state index is 0.0561. The fourth-order valence-corrected chi connectivity index (χ4v) is 4.36. The molecule has 1 aromatic rings. The summed E-state index contributed by atoms with van der Waals surface area (Å²) in [6.07, 6.45) is 5.34. The van der Waals surface area contributed by atoms with Crippen molar-refractivity contribution in [3.05, 3.63) is 29.6 Å². The van der Waals surface area contributed by atoms with E-state index >= 15 is 0 Å². The van der Waals surface area contributed by atoms with Crippen molar-refractivity contribution < 1.29 is 13.2 Å². The Labute approximate surface area is 124 Å². The highest BCUT2D eigenvalue weighted by Crippen LogP contribution is 2.34. The molecule has 21 heavy (non-hydrogen) atoms. The highest BCUT2D eigenvalue weighted by Gasteiger charge is 2.47. The minimum Gasteiger partial charge on any atom is -0.337 e. The molecule has 0 radical (unpaired) electrons. The van der Waals surface area contributed by atoms with Crippen LogP contribution in [0.1, 0.15) is 22.3 Å². The Bertz CT molecular complexity index is 674. The number of rotatable bonds is 2. The Morgan fingerprint density at radius 2 is 2.14 bits per heavy atom. The van der Waals surface area contributed by atoms with Crippen LogP contribution < -0.4 is 0 Å². The van der Waals surface area contributed by atoms with Crippen LogP contribution in [0, 0.1) is 12.8 Å². The summed E-state index contributed by atoms with van der Waals surface area (Å²) in [5.41, 5.74) is 1.49. The lowest BCUT2D eigenvalue weighted by molar-refractivity contribution is 0.0140. The van der Waals surface area contributed by atoms with E-state index in [0.717, 1.165) is 12.0 Å². The molecule has 2 aliphatic heterocycles. The standard InChI is InChI=1S/C14H19N3O3S/c1-10-3-5-15-7-12(10)14(18)16-6-4-11-8-17(13(11)9-16)21(2,19)20/h3,5,7,11,13H,4,6,8-9H2,1-2H3/t11-,13-/m1/s1. The molecule has 6 nitrogen and oxygen atoms in total. The molecule has 0 aromatic carbocycles. The lowest BCUT2D eigenvalue weighted by atomic mass is 9.84. The zero-order valence-corrected chi connectivity index (χ0v) is 13.0. The second-order valence-corrected chi connectivity index (χ2v) is 7.83. The lowest BCUT2D eigenvalue weighted by Gasteiger charge is -2.51. The molecule has 0 bridgehead atoms. The van der Waals surface area contributed by atoms with Crippen molar-refractivity contribution in [1.82, 2.24) is 14.2 Å². The maximum atomic E-state index is 12.6. The molecule has 0 unspecified atom stereocenters. The van der Waals surface area contributed by atoms with Gasteiger partial charge in [-0.05, 0) is 30.9 Å². The normalized spacial score (nSPS) is 26.1. The Balaban J connectivity index is 1.76. The van der Waals surface area contributed by atoms with E-state index in [4.69, 9.17) is 0 Å². The number of aryl methyl sites for hydroxylation is 1. The molecule has 0 saturated carbocycles. The summed E-state index contributed by atoms with van der Waals surface area (Å²) in [6.45, 7) is 3.64. The van der Waals surface area contributed by atoms with E-state index in [0.29, 0.717) is 31.1 Å². The molecule has 2 fully saturated rings. The van der Waals surface area contributed by atoms with Gasteiger partial charge in [0.2, 0.25) is 10.0 Å². The first kappa shape index (κ1) is 14.5. The van der Waals surface area contributed by atoms with Crippen LogP contribution in [-0.2, 0) is 10.0 Å². The molecule has 2 saturated heterocycles. The molecule has 1 amide bonds. The number of hydrogen-bond donors (Lipinski definition) is 0. The van der Waals surface area contributed by atoms with Crippen molar-refractivity contribution in [2.45, 2.75) is 19.4 Å². The summed E-state index contributed by atoms with van der Waals surface area (Å²) in [5.74, 6) is 0.332. The van der Waals surface area contributed by atoms with Gasteiger partial charge in [0.1, 0.15) is 0 Å². The van der Waals surface area contributed by atoms with Gasteiger partial charge < -0.3 is 4.90 Å². The van der Waals surface area contributed by atoms with Crippen molar-refractivity contribution in [1.29, 1.82) is 0 Å². The smallest absolute Gasteiger partial charge is 0.255 e. The Morgan fingerprint density at radius 3 is 2.81 bits per heavy atom. The van der Waals surface area contributed by atoms with Gasteiger partial charge in [0, 0.05) is 38.1 Å². The van der Waals surface area contributed by atoms with E-state index in [1.54, 1.807) is 17.3 Å². The van der Waals surface area contributed by atoms with Crippen LogP contribution in [0.2, 0.25) is 0 Å². The van der Waals surface area contributed by atoms with Crippen LogP contribution in [0.5, 0.6) is 0 Å². The summed E-state index contributed by atoms with van der Waals surface area (Å²) in [4.78, 5) is 18.3. The van der Waals surface area contributed by atoms with Crippen molar-refractivity contribution in [2.24, 2.45) is 5.92 Å². The topological polar surface area (TPSA) is 70.6 Å². The van der Waals surface area contributed by atoms with Crippen molar-refractivity contribution in [3.8, 4) is 0 Å². The summed E-state index contributed by atoms with van der Waals surface area (Å²) in [5, 5.41) is 0. The monoisotopic (exact) mass is 309 g/mol. The van der Waals surface area contributed by atoms with Gasteiger partial charge in [-0.15, -0.1) is 0 Å². The highest BCUT2D eigenvalue weighted by atomic mass is 32.2. The molecular weight excluding hydrogens is 290 g/mol. The minimum atomic E-state index is -3.18. The molecule has 7 heteroatoms. The molecule has 0 aliphatic carbocycles. The number of nitrogens with zero attached hydrogens (tertiary/aromatic N) is 3. The van der Waals surface area contributed by atoms with Gasteiger partial charge in [-0.2, -0.15) is 4.31 Å². The molecule has 0 spiro atoms. The molecule has 114 valence electrons. The van der Waals surface area contributed by atoms with Gasteiger partial charge in [0.05, 0.1) is 11.8 Å². The van der Waals surface area contributed by atoms with Crippen LogP contribution >= 0.6 is 0 Å². The number of carbonyl (C=O) groups is 1. The second-order valence-electron chi connectivity index (χ2n) is 5.89. The van der Waals surface area contributed by atoms with Gasteiger partial charge in [0.25, 0.3) is 5.91 Å². The van der Waals surface area contributed by atoms with Gasteiger partial charge in [-0.1, -0.05) is 0 Å². The number of sulfonamides is 1. The highest BCUT2D eigenvalue weighted by molar-refractivity contribution is 7.88. The third-order valence-electron chi connectivity index (χ3n) is 4.49. The second kappa shape index (κ2) is 5.06. The molecule has 1 aromatic heterocycles. The van der Waals surface area contributed by atoms with Crippen LogP contribution in [0.15, 0.2) is 18.5 Å². The Kier molecular flexibility index (Phi) is 3.49. The first-order valence-electron chi connectivity index (χ1n) is 7.04. The van der Waals surface area contributed by atoms with Crippen molar-refractivity contribution >= 4 is 15.9 Å². The van der Waals surface area contributed by atoms with Crippen molar-refractivity contribution in [2.75, 3.05) is 25.9 Å². The zero-order valence-electron chi connectivity index (χ0n) is 12.2. The third kappa shape index (κ3) is 2.55. The third-order valence-corrected chi connectivity index (χ3v) is 5.76. The SMILES string of the molecule is Cc1ccncc1C(=O)N1CC[C@@H]2CN(S(C)(=O)=O)[C@@H]2C1. The molecule has 2 aliphatic rings. The van der Waals surface area contributed by atoms with Crippen LogP contribution in [0.3, 0.4) is 0 Å². The van der Waals surface area contributed by atoms with E-state index in [-0.39, 0.29) is 11.9 Å². The quantitative estimate of drug-likeness (QED) is 0.797. The predicted molar refractivity (Wildman–Crippen MR) is 78.3 cm³/mol. The molecular formula is C14H19N3O3S.